The van der Waals surface area contributed by atoms with Gasteiger partial charge in [0.1, 0.15) is 11.5 Å². The van der Waals surface area contributed by atoms with Crippen LogP contribution in [-0.2, 0) is 9.47 Å². The minimum atomic E-state index is -0.663. The van der Waals surface area contributed by atoms with Gasteiger partial charge in [0.25, 0.3) is 0 Å². The Morgan fingerprint density at radius 2 is 1.80 bits per heavy atom. The molecule has 0 atom stereocenters. The minimum Gasteiger partial charge on any atom is -0.351 e. The Bertz CT molecular complexity index is 1040. The molecule has 1 aliphatic heterocycles. The molecule has 30 heavy (non-hydrogen) atoms. The van der Waals surface area contributed by atoms with E-state index in [4.69, 9.17) is 9.47 Å². The highest BCUT2D eigenvalue weighted by atomic mass is 19.1. The van der Waals surface area contributed by atoms with Crippen molar-refractivity contribution in [3.63, 3.8) is 0 Å². The second kappa shape index (κ2) is 7.41. The number of hydrogen-bond acceptors (Lipinski definition) is 7. The van der Waals surface area contributed by atoms with E-state index in [0.717, 1.165) is 12.8 Å². The molecule has 0 unspecified atom stereocenters. The predicted octanol–water partition coefficient (Wildman–Crippen LogP) is 3.51. The first-order valence-corrected chi connectivity index (χ1v) is 10.0. The summed E-state index contributed by atoms with van der Waals surface area (Å²) in [4.78, 5) is 13.6. The fraction of sp³-hybridized carbons (Fsp3) is 0.429. The summed E-state index contributed by atoms with van der Waals surface area (Å²) in [5.74, 6) is 1.15. The zero-order chi connectivity index (χ0) is 20.7. The SMILES string of the molecule is CC1(C)COC(c2nc(-c3ccnc(NC4CC4)n3)n(-c3ccc(F)cc3)n2)OC1. The van der Waals surface area contributed by atoms with Gasteiger partial charge in [-0.3, -0.25) is 0 Å². The molecular formula is C21H23FN6O2. The lowest BCUT2D eigenvalue weighted by Gasteiger charge is -2.33. The van der Waals surface area contributed by atoms with Crippen LogP contribution in [0.2, 0.25) is 0 Å². The second-order valence-electron chi connectivity index (χ2n) is 8.48. The monoisotopic (exact) mass is 410 g/mol. The van der Waals surface area contributed by atoms with Crippen LogP contribution in [0, 0.1) is 11.2 Å². The molecule has 3 aromatic rings. The summed E-state index contributed by atoms with van der Waals surface area (Å²) in [5.41, 5.74) is 1.21. The molecule has 0 amide bonds. The maximum atomic E-state index is 13.5. The molecule has 2 aliphatic rings. The molecular weight excluding hydrogens is 387 g/mol. The van der Waals surface area contributed by atoms with Crippen LogP contribution >= 0.6 is 0 Å². The largest absolute Gasteiger partial charge is 0.351 e. The molecule has 1 aliphatic carbocycles. The molecule has 1 N–H and O–H groups in total. The highest BCUT2D eigenvalue weighted by molar-refractivity contribution is 5.55. The highest BCUT2D eigenvalue weighted by Crippen LogP contribution is 2.31. The molecule has 1 saturated carbocycles. The Morgan fingerprint density at radius 3 is 2.50 bits per heavy atom. The van der Waals surface area contributed by atoms with Gasteiger partial charge in [-0.15, -0.1) is 5.10 Å². The van der Waals surface area contributed by atoms with Gasteiger partial charge in [-0.05, 0) is 43.2 Å². The number of rotatable bonds is 5. The van der Waals surface area contributed by atoms with Crippen LogP contribution in [0.15, 0.2) is 36.5 Å². The van der Waals surface area contributed by atoms with E-state index in [1.54, 1.807) is 29.1 Å². The number of nitrogens with one attached hydrogen (secondary N) is 1. The zero-order valence-corrected chi connectivity index (χ0v) is 16.9. The third kappa shape index (κ3) is 4.03. The standard InChI is InChI=1S/C21H23FN6O2/c1-21(2)11-29-19(30-12-21)17-26-18(28(27-17)15-7-3-13(22)4-8-15)16-9-10-23-20(25-16)24-14-5-6-14/h3-4,7-10,14,19H,5-6,11-12H2,1-2H3,(H,23,24,25). The fourth-order valence-electron chi connectivity index (χ4n) is 3.16. The van der Waals surface area contributed by atoms with Crippen LogP contribution < -0.4 is 5.32 Å². The molecule has 1 aromatic carbocycles. The van der Waals surface area contributed by atoms with Gasteiger partial charge in [-0.2, -0.15) is 0 Å². The van der Waals surface area contributed by atoms with Crippen LogP contribution in [0.25, 0.3) is 17.2 Å². The van der Waals surface area contributed by atoms with E-state index in [2.05, 4.69) is 39.2 Å². The molecule has 5 rings (SSSR count). The highest BCUT2D eigenvalue weighted by Gasteiger charge is 2.32. The average molecular weight is 410 g/mol. The van der Waals surface area contributed by atoms with Gasteiger partial charge in [0, 0.05) is 17.7 Å². The summed E-state index contributed by atoms with van der Waals surface area (Å²) >= 11 is 0. The van der Waals surface area contributed by atoms with Crippen LogP contribution in [0.1, 0.15) is 38.8 Å². The topological polar surface area (TPSA) is 87.0 Å². The van der Waals surface area contributed by atoms with Crippen molar-refractivity contribution in [2.24, 2.45) is 5.41 Å². The van der Waals surface area contributed by atoms with Gasteiger partial charge in [-0.25, -0.2) is 24.0 Å². The molecule has 8 nitrogen and oxygen atoms in total. The summed E-state index contributed by atoms with van der Waals surface area (Å²) in [6.45, 7) is 5.24. The van der Waals surface area contributed by atoms with E-state index >= 15 is 0 Å². The van der Waals surface area contributed by atoms with Crippen LogP contribution in [0.3, 0.4) is 0 Å². The normalized spacial score (nSPS) is 19.0. The first kappa shape index (κ1) is 19.1. The Hall–Kier alpha value is -2.91. The van der Waals surface area contributed by atoms with Gasteiger partial charge in [-0.1, -0.05) is 13.8 Å². The van der Waals surface area contributed by atoms with Gasteiger partial charge in [0.05, 0.1) is 18.9 Å². The second-order valence-corrected chi connectivity index (χ2v) is 8.48. The molecule has 1 saturated heterocycles. The molecule has 2 fully saturated rings. The molecule has 3 heterocycles. The van der Waals surface area contributed by atoms with Crippen molar-refractivity contribution in [3.05, 3.63) is 48.2 Å². The Balaban J connectivity index is 1.53. The van der Waals surface area contributed by atoms with Crippen molar-refractivity contribution < 1.29 is 13.9 Å². The number of halogens is 1. The lowest BCUT2D eigenvalue weighted by molar-refractivity contribution is -0.229. The summed E-state index contributed by atoms with van der Waals surface area (Å²) in [6.07, 6.45) is 3.27. The van der Waals surface area contributed by atoms with Crippen molar-refractivity contribution in [1.29, 1.82) is 0 Å². The lowest BCUT2D eigenvalue weighted by atomic mass is 9.96. The van der Waals surface area contributed by atoms with Crippen LogP contribution in [0.4, 0.5) is 10.3 Å². The van der Waals surface area contributed by atoms with Gasteiger partial charge in [0.2, 0.25) is 18.1 Å². The van der Waals surface area contributed by atoms with Crippen molar-refractivity contribution in [2.45, 2.75) is 39.0 Å². The molecule has 0 bridgehead atoms. The predicted molar refractivity (Wildman–Crippen MR) is 107 cm³/mol. The van der Waals surface area contributed by atoms with Gasteiger partial charge >= 0.3 is 0 Å². The van der Waals surface area contributed by atoms with Crippen molar-refractivity contribution in [3.8, 4) is 17.2 Å². The minimum absolute atomic E-state index is 0.0606. The Labute approximate surface area is 173 Å². The molecule has 156 valence electrons. The molecule has 9 heteroatoms. The van der Waals surface area contributed by atoms with E-state index < -0.39 is 6.29 Å². The third-order valence-electron chi connectivity index (χ3n) is 4.95. The van der Waals surface area contributed by atoms with Crippen molar-refractivity contribution in [2.75, 3.05) is 18.5 Å². The molecule has 0 radical (unpaired) electrons. The van der Waals surface area contributed by atoms with E-state index in [0.29, 0.717) is 48.2 Å². The fourth-order valence-corrected chi connectivity index (χ4v) is 3.16. The van der Waals surface area contributed by atoms with Crippen molar-refractivity contribution >= 4 is 5.95 Å². The summed E-state index contributed by atoms with van der Waals surface area (Å²) < 4.78 is 26.8. The third-order valence-corrected chi connectivity index (χ3v) is 4.95. The lowest BCUT2D eigenvalue weighted by Crippen LogP contribution is -2.34. The van der Waals surface area contributed by atoms with E-state index in [1.807, 2.05) is 0 Å². The zero-order valence-electron chi connectivity index (χ0n) is 16.9. The number of anilines is 1. The van der Waals surface area contributed by atoms with E-state index in [9.17, 15) is 4.39 Å². The average Bonchev–Trinajstić information content (AvgIpc) is 3.43. The van der Waals surface area contributed by atoms with Crippen LogP contribution in [0.5, 0.6) is 0 Å². The van der Waals surface area contributed by atoms with Crippen LogP contribution in [-0.4, -0.2) is 44.0 Å². The van der Waals surface area contributed by atoms with E-state index in [1.165, 1.54) is 12.1 Å². The number of nitrogens with zero attached hydrogens (tertiary/aromatic N) is 5. The Kier molecular flexibility index (Phi) is 4.71. The first-order valence-electron chi connectivity index (χ1n) is 10.0. The first-order chi connectivity index (χ1) is 14.5. The summed E-state index contributed by atoms with van der Waals surface area (Å²) in [6, 6.07) is 8.27. The quantitative estimate of drug-likeness (QED) is 0.689. The summed E-state index contributed by atoms with van der Waals surface area (Å²) in [7, 11) is 0. The maximum absolute atomic E-state index is 13.5. The Morgan fingerprint density at radius 1 is 1.07 bits per heavy atom. The number of ether oxygens (including phenoxy) is 2. The molecule has 0 spiro atoms. The summed E-state index contributed by atoms with van der Waals surface area (Å²) in [5, 5.41) is 7.91. The maximum Gasteiger partial charge on any atom is 0.223 e. The molecule has 2 aromatic heterocycles. The van der Waals surface area contributed by atoms with Crippen molar-refractivity contribution in [1.82, 2.24) is 24.7 Å². The number of hydrogen-bond donors (Lipinski definition) is 1. The van der Waals surface area contributed by atoms with Gasteiger partial charge in [0.15, 0.2) is 5.82 Å². The van der Waals surface area contributed by atoms with E-state index in [-0.39, 0.29) is 11.2 Å². The number of benzene rings is 1. The smallest absolute Gasteiger partial charge is 0.223 e. The van der Waals surface area contributed by atoms with Gasteiger partial charge < -0.3 is 14.8 Å². The number of aromatic nitrogens is 5.